The molecule has 0 aromatic heterocycles. The molecule has 0 fully saturated rings. The van der Waals surface area contributed by atoms with E-state index in [0.29, 0.717) is 17.9 Å². The standard InChI is InChI=1S/C9H23N2P.ClH/c1-7(2)11(8(3)4)9(5)12-10-6;/h7-10,12H,1-6H3;1H. The van der Waals surface area contributed by atoms with E-state index in [4.69, 9.17) is 0 Å². The summed E-state index contributed by atoms with van der Waals surface area (Å²) in [6, 6.07) is 1.28. The fourth-order valence-electron chi connectivity index (χ4n) is 1.77. The van der Waals surface area contributed by atoms with Gasteiger partial charge in [-0.3, -0.25) is 4.90 Å². The molecule has 0 heterocycles. The maximum Gasteiger partial charge on any atom is 0.0378 e. The van der Waals surface area contributed by atoms with Crippen LogP contribution in [0, 0.1) is 0 Å². The smallest absolute Gasteiger partial charge is 0.0378 e. The van der Waals surface area contributed by atoms with Gasteiger partial charge in [0.05, 0.1) is 0 Å². The number of rotatable bonds is 5. The summed E-state index contributed by atoms with van der Waals surface area (Å²) in [5.41, 5.74) is 0. The van der Waals surface area contributed by atoms with Crippen molar-refractivity contribution < 1.29 is 0 Å². The summed E-state index contributed by atoms with van der Waals surface area (Å²) >= 11 is 0. The second-order valence-electron chi connectivity index (χ2n) is 3.71. The van der Waals surface area contributed by atoms with Crippen LogP contribution in [0.3, 0.4) is 0 Å². The molecular weight excluding hydrogens is 203 g/mol. The van der Waals surface area contributed by atoms with E-state index in [-0.39, 0.29) is 12.4 Å². The maximum atomic E-state index is 3.24. The summed E-state index contributed by atoms with van der Waals surface area (Å²) in [4.78, 5) is 2.54. The fourth-order valence-corrected chi connectivity index (χ4v) is 2.94. The highest BCUT2D eigenvalue weighted by atomic mass is 35.5. The Hall–Kier alpha value is 0.640. The lowest BCUT2D eigenvalue weighted by Gasteiger charge is -2.36. The molecule has 0 aliphatic carbocycles. The Kier molecular flexibility index (Phi) is 9.89. The van der Waals surface area contributed by atoms with E-state index in [1.807, 2.05) is 7.05 Å². The van der Waals surface area contributed by atoms with Crippen molar-refractivity contribution in [2.45, 2.75) is 52.5 Å². The molecule has 0 radical (unpaired) electrons. The third-order valence-electron chi connectivity index (χ3n) is 1.99. The van der Waals surface area contributed by atoms with Gasteiger partial charge in [0.15, 0.2) is 0 Å². The van der Waals surface area contributed by atoms with Crippen LogP contribution in [0.4, 0.5) is 0 Å². The average Bonchev–Trinajstić information content (AvgIpc) is 1.85. The molecule has 0 aromatic carbocycles. The zero-order valence-corrected chi connectivity index (χ0v) is 11.4. The predicted molar refractivity (Wildman–Crippen MR) is 66.2 cm³/mol. The van der Waals surface area contributed by atoms with Crippen molar-refractivity contribution in [1.82, 2.24) is 9.99 Å². The molecule has 2 nitrogen and oxygen atoms in total. The van der Waals surface area contributed by atoms with E-state index in [0.717, 1.165) is 8.73 Å². The summed E-state index contributed by atoms with van der Waals surface area (Å²) in [5.74, 6) is 0.648. The Bertz CT molecular complexity index is 112. The van der Waals surface area contributed by atoms with Gasteiger partial charge >= 0.3 is 0 Å². The molecular formula is C9H24ClN2P. The first-order valence-electron chi connectivity index (χ1n) is 4.70. The highest BCUT2D eigenvalue weighted by Crippen LogP contribution is 2.21. The van der Waals surface area contributed by atoms with Gasteiger partial charge in [0.1, 0.15) is 0 Å². The van der Waals surface area contributed by atoms with Gasteiger partial charge in [-0.25, -0.2) is 0 Å². The summed E-state index contributed by atoms with van der Waals surface area (Å²) in [5, 5.41) is 3.24. The maximum absolute atomic E-state index is 3.24. The molecule has 82 valence electrons. The van der Waals surface area contributed by atoms with Gasteiger partial charge in [-0.15, -0.1) is 12.4 Å². The van der Waals surface area contributed by atoms with Gasteiger partial charge in [0.25, 0.3) is 0 Å². The number of hydrogen-bond acceptors (Lipinski definition) is 2. The lowest BCUT2D eigenvalue weighted by atomic mass is 10.2. The topological polar surface area (TPSA) is 15.3 Å². The second-order valence-corrected chi connectivity index (χ2v) is 5.33. The zero-order chi connectivity index (χ0) is 9.72. The van der Waals surface area contributed by atoms with Crippen molar-refractivity contribution in [3.63, 3.8) is 0 Å². The van der Waals surface area contributed by atoms with Crippen molar-refractivity contribution in [1.29, 1.82) is 0 Å². The third kappa shape index (κ3) is 5.85. The van der Waals surface area contributed by atoms with Gasteiger partial charge in [0, 0.05) is 17.9 Å². The summed E-state index contributed by atoms with van der Waals surface area (Å²) < 4.78 is 0. The predicted octanol–water partition coefficient (Wildman–Crippen LogP) is 2.69. The molecule has 4 heteroatoms. The van der Waals surface area contributed by atoms with Gasteiger partial charge in [-0.05, 0) is 50.4 Å². The van der Waals surface area contributed by atoms with Crippen LogP contribution in [0.2, 0.25) is 0 Å². The molecule has 2 atom stereocenters. The van der Waals surface area contributed by atoms with E-state index in [9.17, 15) is 0 Å². The second kappa shape index (κ2) is 7.99. The first-order chi connectivity index (χ1) is 5.50. The van der Waals surface area contributed by atoms with Crippen molar-refractivity contribution in [2.24, 2.45) is 0 Å². The monoisotopic (exact) mass is 226 g/mol. The van der Waals surface area contributed by atoms with E-state index in [1.165, 1.54) is 0 Å². The minimum absolute atomic E-state index is 0. The van der Waals surface area contributed by atoms with Crippen molar-refractivity contribution in [2.75, 3.05) is 7.05 Å². The Labute approximate surface area is 91.1 Å². The van der Waals surface area contributed by atoms with Crippen LogP contribution in [-0.2, 0) is 0 Å². The zero-order valence-electron chi connectivity index (χ0n) is 9.59. The van der Waals surface area contributed by atoms with Gasteiger partial charge in [-0.2, -0.15) is 0 Å². The quantitative estimate of drug-likeness (QED) is 0.726. The van der Waals surface area contributed by atoms with Gasteiger partial charge in [-0.1, -0.05) is 0 Å². The Balaban J connectivity index is 0. The Morgan fingerprint density at radius 1 is 1.00 bits per heavy atom. The van der Waals surface area contributed by atoms with Crippen molar-refractivity contribution >= 4 is 21.1 Å². The van der Waals surface area contributed by atoms with Crippen LogP contribution in [0.5, 0.6) is 0 Å². The highest BCUT2D eigenvalue weighted by molar-refractivity contribution is 7.36. The minimum Gasteiger partial charge on any atom is -0.300 e. The minimum atomic E-state index is 0. The molecule has 0 bridgehead atoms. The molecule has 0 saturated heterocycles. The van der Waals surface area contributed by atoms with Crippen LogP contribution in [0.1, 0.15) is 34.6 Å². The molecule has 0 aromatic rings. The third-order valence-corrected chi connectivity index (χ3v) is 3.00. The summed E-state index contributed by atoms with van der Waals surface area (Å²) in [7, 11) is 2.85. The van der Waals surface area contributed by atoms with Crippen LogP contribution in [0.15, 0.2) is 0 Å². The lowest BCUT2D eigenvalue weighted by Crippen LogP contribution is -2.42. The highest BCUT2D eigenvalue weighted by Gasteiger charge is 2.18. The van der Waals surface area contributed by atoms with Gasteiger partial charge in [0.2, 0.25) is 0 Å². The molecule has 0 aliphatic heterocycles. The SMILES string of the molecule is CNPC(C)N(C(C)C)C(C)C.Cl. The first-order valence-corrected chi connectivity index (χ1v) is 5.78. The van der Waals surface area contributed by atoms with E-state index in [1.54, 1.807) is 0 Å². The Morgan fingerprint density at radius 3 is 1.62 bits per heavy atom. The van der Waals surface area contributed by atoms with E-state index < -0.39 is 0 Å². The lowest BCUT2D eigenvalue weighted by molar-refractivity contribution is 0.166. The Morgan fingerprint density at radius 2 is 1.38 bits per heavy atom. The molecule has 13 heavy (non-hydrogen) atoms. The first kappa shape index (κ1) is 16.1. The fraction of sp³-hybridized carbons (Fsp3) is 1.00. The van der Waals surface area contributed by atoms with Crippen LogP contribution in [0.25, 0.3) is 0 Å². The van der Waals surface area contributed by atoms with Crippen LogP contribution >= 0.6 is 21.1 Å². The van der Waals surface area contributed by atoms with Crippen LogP contribution in [-0.4, -0.2) is 29.8 Å². The summed E-state index contributed by atoms with van der Waals surface area (Å²) in [6.07, 6.45) is 0. The van der Waals surface area contributed by atoms with Crippen molar-refractivity contribution in [3.05, 3.63) is 0 Å². The largest absolute Gasteiger partial charge is 0.300 e. The molecule has 0 saturated carbocycles. The molecule has 2 unspecified atom stereocenters. The van der Waals surface area contributed by atoms with E-state index >= 15 is 0 Å². The van der Waals surface area contributed by atoms with Gasteiger partial charge < -0.3 is 5.09 Å². The number of nitrogens with zero attached hydrogens (tertiary/aromatic N) is 1. The van der Waals surface area contributed by atoms with Crippen molar-refractivity contribution in [3.8, 4) is 0 Å². The molecule has 1 N–H and O–H groups in total. The number of hydrogen-bond donors (Lipinski definition) is 1. The van der Waals surface area contributed by atoms with E-state index in [2.05, 4.69) is 44.6 Å². The molecule has 0 rings (SSSR count). The number of halogens is 1. The normalized spacial score (nSPS) is 14.5. The molecule has 0 spiro atoms. The number of nitrogens with one attached hydrogen (secondary N) is 1. The summed E-state index contributed by atoms with van der Waals surface area (Å²) in [6.45, 7) is 11.3. The molecule has 0 aliphatic rings. The molecule has 0 amide bonds. The van der Waals surface area contributed by atoms with Crippen LogP contribution < -0.4 is 5.09 Å². The average molecular weight is 227 g/mol.